The van der Waals surface area contributed by atoms with Crippen LogP contribution in [-0.4, -0.2) is 57.0 Å². The van der Waals surface area contributed by atoms with Crippen molar-refractivity contribution in [2.45, 2.75) is 26.3 Å². The van der Waals surface area contributed by atoms with Gasteiger partial charge in [0.1, 0.15) is 15.8 Å². The van der Waals surface area contributed by atoms with Crippen LogP contribution in [0.4, 0.5) is 5.82 Å². The summed E-state index contributed by atoms with van der Waals surface area (Å²) in [5.41, 5.74) is 0.467. The Hall–Kier alpha value is -2.24. The molecular formula is C20H22N4O4S3. The predicted molar refractivity (Wildman–Crippen MR) is 127 cm³/mol. The Balaban J connectivity index is 1.75. The number of thiocarbonyl (C=S) groups is 1. The summed E-state index contributed by atoms with van der Waals surface area (Å²) >= 11 is 6.45. The minimum absolute atomic E-state index is 0.0486. The van der Waals surface area contributed by atoms with E-state index in [-0.39, 0.29) is 33.4 Å². The van der Waals surface area contributed by atoms with Crippen LogP contribution >= 0.6 is 24.0 Å². The van der Waals surface area contributed by atoms with Gasteiger partial charge in [0.25, 0.3) is 11.5 Å². The number of aromatic nitrogens is 2. The summed E-state index contributed by atoms with van der Waals surface area (Å²) in [6.45, 7) is 4.69. The molecule has 2 aromatic heterocycles. The molecule has 0 aromatic carbocycles. The molecule has 1 atom stereocenters. The molecular weight excluding hydrogens is 456 g/mol. The van der Waals surface area contributed by atoms with E-state index in [0.717, 1.165) is 11.8 Å². The molecule has 1 unspecified atom stereocenters. The molecule has 2 saturated heterocycles. The molecule has 0 aliphatic carbocycles. The standard InChI is InChI=1S/C20H22N4O4S3/c1-12(2)10-21-17-14(18(25)23-7-4-3-5-16(23)22-17)9-15-19(26)24(20(29)30-15)13-6-8-31(27,28)11-13/h3-5,7,9,12-13,21H,6,8,10-11H2,1-2H3/b15-9+. The number of sulfone groups is 1. The third-order valence-corrected chi connectivity index (χ3v) is 8.20. The van der Waals surface area contributed by atoms with Crippen LogP contribution in [0.1, 0.15) is 25.8 Å². The average Bonchev–Trinajstić information content (AvgIpc) is 3.20. The largest absolute Gasteiger partial charge is 0.369 e. The number of pyridine rings is 1. The number of carbonyl (C=O) groups excluding carboxylic acids is 1. The third-order valence-electron chi connectivity index (χ3n) is 5.12. The molecule has 1 N–H and O–H groups in total. The number of thioether (sulfide) groups is 1. The Labute approximate surface area is 189 Å². The van der Waals surface area contributed by atoms with E-state index < -0.39 is 15.9 Å². The first kappa shape index (κ1) is 22.0. The summed E-state index contributed by atoms with van der Waals surface area (Å²) in [5, 5.41) is 3.21. The van der Waals surface area contributed by atoms with Gasteiger partial charge in [0.05, 0.1) is 28.0 Å². The second-order valence-corrected chi connectivity index (χ2v) is 11.9. The van der Waals surface area contributed by atoms with Gasteiger partial charge >= 0.3 is 0 Å². The summed E-state index contributed by atoms with van der Waals surface area (Å²) < 4.78 is 25.5. The van der Waals surface area contributed by atoms with Crippen molar-refractivity contribution in [1.29, 1.82) is 0 Å². The van der Waals surface area contributed by atoms with Gasteiger partial charge in [-0.2, -0.15) is 0 Å². The van der Waals surface area contributed by atoms with E-state index in [0.29, 0.717) is 34.7 Å². The second-order valence-electron chi connectivity index (χ2n) is 7.99. The number of nitrogens with zero attached hydrogens (tertiary/aromatic N) is 3. The Kier molecular flexibility index (Phi) is 5.93. The molecule has 2 aliphatic rings. The van der Waals surface area contributed by atoms with Gasteiger partial charge in [-0.1, -0.05) is 43.9 Å². The summed E-state index contributed by atoms with van der Waals surface area (Å²) in [5.74, 6) is 0.315. The Morgan fingerprint density at radius 1 is 1.35 bits per heavy atom. The van der Waals surface area contributed by atoms with Crippen LogP contribution < -0.4 is 10.9 Å². The zero-order chi connectivity index (χ0) is 22.3. The molecule has 0 spiro atoms. The van der Waals surface area contributed by atoms with Crippen LogP contribution in [0.5, 0.6) is 0 Å². The summed E-state index contributed by atoms with van der Waals surface area (Å²) in [4.78, 5) is 32.5. The lowest BCUT2D eigenvalue weighted by Crippen LogP contribution is -2.39. The van der Waals surface area contributed by atoms with Gasteiger partial charge in [0, 0.05) is 12.7 Å². The highest BCUT2D eigenvalue weighted by molar-refractivity contribution is 8.26. The number of carbonyl (C=O) groups is 1. The van der Waals surface area contributed by atoms with Crippen molar-refractivity contribution in [3.63, 3.8) is 0 Å². The fourth-order valence-electron chi connectivity index (χ4n) is 3.57. The number of nitrogens with one attached hydrogen (secondary N) is 1. The topological polar surface area (TPSA) is 101 Å². The Morgan fingerprint density at radius 3 is 2.81 bits per heavy atom. The zero-order valence-electron chi connectivity index (χ0n) is 17.1. The number of hydrogen-bond acceptors (Lipinski definition) is 8. The monoisotopic (exact) mass is 478 g/mol. The molecule has 0 saturated carbocycles. The smallest absolute Gasteiger partial charge is 0.267 e. The van der Waals surface area contributed by atoms with Crippen LogP contribution in [0.25, 0.3) is 11.7 Å². The molecule has 0 radical (unpaired) electrons. The Morgan fingerprint density at radius 2 is 2.13 bits per heavy atom. The van der Waals surface area contributed by atoms with E-state index in [2.05, 4.69) is 10.3 Å². The summed E-state index contributed by atoms with van der Waals surface area (Å²) in [6, 6.07) is 4.82. The van der Waals surface area contributed by atoms with Gasteiger partial charge in [0.2, 0.25) is 0 Å². The molecule has 2 aliphatic heterocycles. The lowest BCUT2D eigenvalue weighted by molar-refractivity contribution is -0.123. The number of hydrogen-bond donors (Lipinski definition) is 1. The molecule has 1 amide bonds. The number of amides is 1. The van der Waals surface area contributed by atoms with Gasteiger partial charge in [0.15, 0.2) is 9.84 Å². The second kappa shape index (κ2) is 8.36. The van der Waals surface area contributed by atoms with Crippen molar-refractivity contribution < 1.29 is 13.2 Å². The van der Waals surface area contributed by atoms with E-state index in [1.807, 2.05) is 13.8 Å². The normalized spacial score (nSPS) is 22.2. The first-order chi connectivity index (χ1) is 14.7. The van der Waals surface area contributed by atoms with E-state index in [9.17, 15) is 18.0 Å². The van der Waals surface area contributed by atoms with Crippen molar-refractivity contribution in [2.75, 3.05) is 23.4 Å². The van der Waals surface area contributed by atoms with E-state index >= 15 is 0 Å². The molecule has 164 valence electrons. The van der Waals surface area contributed by atoms with Crippen molar-refractivity contribution in [2.24, 2.45) is 5.92 Å². The molecule has 4 heterocycles. The van der Waals surface area contributed by atoms with Crippen molar-refractivity contribution in [3.8, 4) is 0 Å². The van der Waals surface area contributed by atoms with E-state index in [1.165, 1.54) is 15.4 Å². The highest BCUT2D eigenvalue weighted by atomic mass is 32.2. The van der Waals surface area contributed by atoms with Crippen LogP contribution in [0, 0.1) is 5.92 Å². The lowest BCUT2D eigenvalue weighted by atomic mass is 10.2. The highest BCUT2D eigenvalue weighted by Crippen LogP contribution is 2.36. The van der Waals surface area contributed by atoms with Crippen molar-refractivity contribution in [1.82, 2.24) is 14.3 Å². The average molecular weight is 479 g/mol. The maximum Gasteiger partial charge on any atom is 0.267 e. The molecule has 4 rings (SSSR count). The van der Waals surface area contributed by atoms with Crippen LogP contribution in [0.3, 0.4) is 0 Å². The van der Waals surface area contributed by atoms with Gasteiger partial charge in [-0.25, -0.2) is 13.4 Å². The quantitative estimate of drug-likeness (QED) is 0.515. The number of anilines is 1. The van der Waals surface area contributed by atoms with Gasteiger partial charge in [-0.3, -0.25) is 18.9 Å². The van der Waals surface area contributed by atoms with Crippen molar-refractivity contribution >= 4 is 61.6 Å². The van der Waals surface area contributed by atoms with Gasteiger partial charge < -0.3 is 5.32 Å². The number of fused-ring (bicyclic) bond motifs is 1. The summed E-state index contributed by atoms with van der Waals surface area (Å²) in [7, 11) is -3.16. The van der Waals surface area contributed by atoms with Crippen LogP contribution in [0.15, 0.2) is 34.1 Å². The molecule has 11 heteroatoms. The third kappa shape index (κ3) is 4.39. The molecule has 31 heavy (non-hydrogen) atoms. The molecule has 0 bridgehead atoms. The fraction of sp³-hybridized carbons (Fsp3) is 0.400. The van der Waals surface area contributed by atoms with Crippen LogP contribution in [-0.2, 0) is 14.6 Å². The van der Waals surface area contributed by atoms with Crippen LogP contribution in [0.2, 0.25) is 0 Å². The summed E-state index contributed by atoms with van der Waals surface area (Å²) in [6.07, 6.45) is 3.51. The van der Waals surface area contributed by atoms with Gasteiger partial charge in [-0.15, -0.1) is 0 Å². The first-order valence-electron chi connectivity index (χ1n) is 9.89. The van der Waals surface area contributed by atoms with E-state index in [1.54, 1.807) is 24.4 Å². The van der Waals surface area contributed by atoms with Crippen molar-refractivity contribution in [3.05, 3.63) is 45.2 Å². The SMILES string of the molecule is CC(C)CNc1nc2ccccn2c(=O)c1/C=C1/SC(=S)N(C2CCS(=O)(=O)C2)C1=O. The Bertz CT molecular complexity index is 1270. The minimum Gasteiger partial charge on any atom is -0.369 e. The molecule has 2 aromatic rings. The minimum atomic E-state index is -3.16. The molecule has 2 fully saturated rings. The number of rotatable bonds is 5. The maximum atomic E-state index is 13.2. The maximum absolute atomic E-state index is 13.2. The van der Waals surface area contributed by atoms with Gasteiger partial charge in [-0.05, 0) is 30.5 Å². The predicted octanol–water partition coefficient (Wildman–Crippen LogP) is 2.15. The highest BCUT2D eigenvalue weighted by Gasteiger charge is 2.42. The lowest BCUT2D eigenvalue weighted by Gasteiger charge is -2.20. The van der Waals surface area contributed by atoms with E-state index in [4.69, 9.17) is 12.2 Å². The molecule has 8 nitrogen and oxygen atoms in total. The fourth-order valence-corrected chi connectivity index (χ4v) is 6.66. The first-order valence-corrected chi connectivity index (χ1v) is 12.9. The zero-order valence-corrected chi connectivity index (χ0v) is 19.5.